The molecule has 1 aromatic rings. The van der Waals surface area contributed by atoms with Gasteiger partial charge in [-0.1, -0.05) is 31.0 Å². The molecule has 2 rings (SSSR count). The second-order valence-electron chi connectivity index (χ2n) is 5.13. The van der Waals surface area contributed by atoms with E-state index in [-0.39, 0.29) is 11.9 Å². The Balaban J connectivity index is 2.06. The van der Waals surface area contributed by atoms with Crippen molar-refractivity contribution < 1.29 is 9.90 Å². The van der Waals surface area contributed by atoms with E-state index in [9.17, 15) is 9.90 Å². The van der Waals surface area contributed by atoms with Crippen LogP contribution in [-0.4, -0.2) is 29.7 Å². The minimum absolute atomic E-state index is 0.102. The number of amides is 1. The van der Waals surface area contributed by atoms with Crippen molar-refractivity contribution in [3.8, 4) is 0 Å². The van der Waals surface area contributed by atoms with E-state index in [4.69, 9.17) is 5.73 Å². The summed E-state index contributed by atoms with van der Waals surface area (Å²) < 4.78 is 0. The zero-order valence-electron chi connectivity index (χ0n) is 11.1. The molecule has 1 aliphatic rings. The van der Waals surface area contributed by atoms with Gasteiger partial charge in [0, 0.05) is 5.56 Å². The Kier molecular flexibility index (Phi) is 4.93. The van der Waals surface area contributed by atoms with Gasteiger partial charge in [-0.3, -0.25) is 4.79 Å². The van der Waals surface area contributed by atoms with Gasteiger partial charge in [-0.25, -0.2) is 0 Å². The summed E-state index contributed by atoms with van der Waals surface area (Å²) in [6.07, 6.45) is 4.00. The topological polar surface area (TPSA) is 75.4 Å². The van der Waals surface area contributed by atoms with Crippen LogP contribution in [-0.2, 0) is 6.42 Å². The fraction of sp³-hybridized carbons (Fsp3) is 0.533. The van der Waals surface area contributed by atoms with Crippen LogP contribution in [0.5, 0.6) is 0 Å². The lowest BCUT2D eigenvalue weighted by molar-refractivity contribution is 0.0716. The molecule has 0 saturated heterocycles. The van der Waals surface area contributed by atoms with Gasteiger partial charge in [-0.05, 0) is 37.4 Å². The maximum atomic E-state index is 12.3. The highest BCUT2D eigenvalue weighted by atomic mass is 16.3. The van der Waals surface area contributed by atoms with Gasteiger partial charge in [0.05, 0.1) is 12.1 Å². The highest BCUT2D eigenvalue weighted by molar-refractivity contribution is 5.95. The number of carbonyl (C=O) groups excluding carboxylic acids is 1. The number of nitrogens with one attached hydrogen (secondary N) is 1. The van der Waals surface area contributed by atoms with Crippen LogP contribution in [0, 0.1) is 0 Å². The lowest BCUT2D eigenvalue weighted by Crippen LogP contribution is -2.45. The standard InChI is InChI=1S/C15H22N2O2/c16-10-9-11-5-1-2-6-12(11)15(19)17-13-7-3-4-8-14(13)18/h1-2,5-6,13-14,18H,3-4,7-10,16H2,(H,17,19)/t13-,14-/m0/s1. The van der Waals surface area contributed by atoms with Crippen molar-refractivity contribution in [1.82, 2.24) is 5.32 Å². The molecule has 2 atom stereocenters. The number of aliphatic hydroxyl groups is 1. The van der Waals surface area contributed by atoms with Gasteiger partial charge in [-0.2, -0.15) is 0 Å². The quantitative estimate of drug-likeness (QED) is 0.763. The number of hydrogen-bond donors (Lipinski definition) is 3. The molecule has 19 heavy (non-hydrogen) atoms. The number of nitrogens with two attached hydrogens (primary N) is 1. The Morgan fingerprint density at radius 1 is 1.32 bits per heavy atom. The average molecular weight is 262 g/mol. The second kappa shape index (κ2) is 6.68. The summed E-state index contributed by atoms with van der Waals surface area (Å²) in [5.41, 5.74) is 7.20. The Morgan fingerprint density at radius 2 is 2.05 bits per heavy atom. The fourth-order valence-electron chi connectivity index (χ4n) is 2.64. The van der Waals surface area contributed by atoms with Gasteiger partial charge < -0.3 is 16.2 Å². The fourth-order valence-corrected chi connectivity index (χ4v) is 2.64. The molecular formula is C15H22N2O2. The lowest BCUT2D eigenvalue weighted by atomic mass is 9.92. The SMILES string of the molecule is NCCc1ccccc1C(=O)N[C@H]1CCCC[C@@H]1O. The minimum atomic E-state index is -0.417. The number of aliphatic hydroxyl groups excluding tert-OH is 1. The van der Waals surface area contributed by atoms with E-state index >= 15 is 0 Å². The van der Waals surface area contributed by atoms with E-state index in [2.05, 4.69) is 5.32 Å². The van der Waals surface area contributed by atoms with Gasteiger partial charge in [0.15, 0.2) is 0 Å². The van der Waals surface area contributed by atoms with Crippen molar-refractivity contribution in [2.24, 2.45) is 5.73 Å². The molecule has 0 radical (unpaired) electrons. The minimum Gasteiger partial charge on any atom is -0.391 e. The zero-order valence-corrected chi connectivity index (χ0v) is 11.1. The number of benzene rings is 1. The van der Waals surface area contributed by atoms with Crippen molar-refractivity contribution in [1.29, 1.82) is 0 Å². The normalized spacial score (nSPS) is 23.1. The molecule has 4 nitrogen and oxygen atoms in total. The predicted molar refractivity (Wildman–Crippen MR) is 74.9 cm³/mol. The first-order valence-electron chi connectivity index (χ1n) is 6.99. The highest BCUT2D eigenvalue weighted by Gasteiger charge is 2.25. The smallest absolute Gasteiger partial charge is 0.251 e. The number of rotatable bonds is 4. The maximum absolute atomic E-state index is 12.3. The van der Waals surface area contributed by atoms with E-state index in [0.717, 1.165) is 31.2 Å². The van der Waals surface area contributed by atoms with Gasteiger partial charge >= 0.3 is 0 Å². The molecule has 1 aromatic carbocycles. The molecule has 1 amide bonds. The van der Waals surface area contributed by atoms with Crippen molar-refractivity contribution in [3.63, 3.8) is 0 Å². The molecule has 0 aromatic heterocycles. The zero-order chi connectivity index (χ0) is 13.7. The Morgan fingerprint density at radius 3 is 2.79 bits per heavy atom. The highest BCUT2D eigenvalue weighted by Crippen LogP contribution is 2.19. The third-order valence-electron chi connectivity index (χ3n) is 3.72. The molecule has 104 valence electrons. The van der Waals surface area contributed by atoms with E-state index in [1.165, 1.54) is 0 Å². The maximum Gasteiger partial charge on any atom is 0.251 e. The third-order valence-corrected chi connectivity index (χ3v) is 3.72. The second-order valence-corrected chi connectivity index (χ2v) is 5.13. The Bertz CT molecular complexity index is 434. The van der Waals surface area contributed by atoms with Crippen LogP contribution in [0.25, 0.3) is 0 Å². The van der Waals surface area contributed by atoms with E-state index in [1.54, 1.807) is 0 Å². The van der Waals surface area contributed by atoms with Crippen LogP contribution in [0.15, 0.2) is 24.3 Å². The van der Waals surface area contributed by atoms with Crippen LogP contribution in [0.3, 0.4) is 0 Å². The van der Waals surface area contributed by atoms with Crippen molar-refractivity contribution in [3.05, 3.63) is 35.4 Å². The summed E-state index contributed by atoms with van der Waals surface area (Å²) in [5, 5.41) is 12.9. The molecular weight excluding hydrogens is 240 g/mol. The number of hydrogen-bond acceptors (Lipinski definition) is 3. The molecule has 0 heterocycles. The van der Waals surface area contributed by atoms with Crippen molar-refractivity contribution in [2.45, 2.75) is 44.2 Å². The largest absolute Gasteiger partial charge is 0.391 e. The summed E-state index contributed by atoms with van der Waals surface area (Å²) in [4.78, 5) is 12.3. The first-order valence-corrected chi connectivity index (χ1v) is 6.99. The summed E-state index contributed by atoms with van der Waals surface area (Å²) >= 11 is 0. The van der Waals surface area contributed by atoms with Gasteiger partial charge in [0.25, 0.3) is 5.91 Å². The van der Waals surface area contributed by atoms with Gasteiger partial charge in [0.1, 0.15) is 0 Å². The van der Waals surface area contributed by atoms with E-state index < -0.39 is 6.10 Å². The monoisotopic (exact) mass is 262 g/mol. The Labute approximate surface area is 114 Å². The van der Waals surface area contributed by atoms with Crippen LogP contribution < -0.4 is 11.1 Å². The molecule has 0 bridgehead atoms. The molecule has 4 heteroatoms. The summed E-state index contributed by atoms with van der Waals surface area (Å²) in [6, 6.07) is 7.39. The van der Waals surface area contributed by atoms with Crippen molar-refractivity contribution >= 4 is 5.91 Å². The molecule has 0 aliphatic heterocycles. The van der Waals surface area contributed by atoms with Crippen LogP contribution in [0.4, 0.5) is 0 Å². The van der Waals surface area contributed by atoms with Crippen LogP contribution in [0.2, 0.25) is 0 Å². The van der Waals surface area contributed by atoms with E-state index in [0.29, 0.717) is 18.5 Å². The van der Waals surface area contributed by atoms with Gasteiger partial charge in [0.2, 0.25) is 0 Å². The lowest BCUT2D eigenvalue weighted by Gasteiger charge is -2.28. The molecule has 0 unspecified atom stereocenters. The average Bonchev–Trinajstić information content (AvgIpc) is 2.42. The molecule has 1 saturated carbocycles. The third kappa shape index (κ3) is 3.55. The summed E-state index contributed by atoms with van der Waals surface area (Å²) in [6.45, 7) is 0.524. The first kappa shape index (κ1) is 14.0. The summed E-state index contributed by atoms with van der Waals surface area (Å²) in [5.74, 6) is -0.102. The molecule has 0 spiro atoms. The van der Waals surface area contributed by atoms with Gasteiger partial charge in [-0.15, -0.1) is 0 Å². The predicted octanol–water partition coefficient (Wildman–Crippen LogP) is 1.22. The summed E-state index contributed by atoms with van der Waals surface area (Å²) in [7, 11) is 0. The van der Waals surface area contributed by atoms with E-state index in [1.807, 2.05) is 24.3 Å². The first-order chi connectivity index (χ1) is 9.22. The number of carbonyl (C=O) groups is 1. The molecule has 1 fully saturated rings. The van der Waals surface area contributed by atoms with Crippen molar-refractivity contribution in [2.75, 3.05) is 6.54 Å². The molecule has 4 N–H and O–H groups in total. The van der Waals surface area contributed by atoms with Crippen LogP contribution >= 0.6 is 0 Å². The Hall–Kier alpha value is -1.39. The molecule has 1 aliphatic carbocycles. The van der Waals surface area contributed by atoms with Crippen LogP contribution in [0.1, 0.15) is 41.6 Å².